The van der Waals surface area contributed by atoms with E-state index in [-0.39, 0.29) is 12.5 Å². The minimum atomic E-state index is -0.254. The average Bonchev–Trinajstić information content (AvgIpc) is 3.22. The van der Waals surface area contributed by atoms with Crippen LogP contribution in [0.1, 0.15) is 25.0 Å². The summed E-state index contributed by atoms with van der Waals surface area (Å²) in [7, 11) is 0. The molecule has 0 atom stereocenters. The Bertz CT molecular complexity index is 1310. The van der Waals surface area contributed by atoms with Crippen LogP contribution in [0, 0.1) is 13.8 Å². The molecule has 8 heteroatoms. The van der Waals surface area contributed by atoms with Gasteiger partial charge in [-0.25, -0.2) is 0 Å². The molecule has 3 aromatic carbocycles. The van der Waals surface area contributed by atoms with E-state index in [1.165, 1.54) is 5.69 Å². The van der Waals surface area contributed by atoms with E-state index >= 15 is 0 Å². The van der Waals surface area contributed by atoms with Crippen molar-refractivity contribution in [1.29, 1.82) is 0 Å². The van der Waals surface area contributed by atoms with Gasteiger partial charge < -0.3 is 15.0 Å². The third-order valence-corrected chi connectivity index (χ3v) is 5.94. The first kappa shape index (κ1) is 23.6. The Kier molecular flexibility index (Phi) is 7.03. The molecule has 34 heavy (non-hydrogen) atoms. The van der Waals surface area contributed by atoms with E-state index in [0.29, 0.717) is 22.0 Å². The fraction of sp³-hybridized carbons (Fsp3) is 0.269. The summed E-state index contributed by atoms with van der Waals surface area (Å²) in [5.41, 5.74) is 5.95. The zero-order valence-corrected chi connectivity index (χ0v) is 20.6. The summed E-state index contributed by atoms with van der Waals surface area (Å²) in [6.45, 7) is 9.90. The van der Waals surface area contributed by atoms with E-state index < -0.39 is 0 Å². The molecule has 1 aromatic heterocycles. The molecular formula is C26H28ClN5O2. The second-order valence-electron chi connectivity index (χ2n) is 8.08. The lowest BCUT2D eigenvalue weighted by Gasteiger charge is -2.20. The summed E-state index contributed by atoms with van der Waals surface area (Å²) >= 11 is 5.97. The lowest BCUT2D eigenvalue weighted by molar-refractivity contribution is -0.118. The number of amides is 1. The minimum Gasteiger partial charge on any atom is -0.483 e. The number of carbonyl (C=O) groups is 1. The molecule has 0 aliphatic rings. The Balaban J connectivity index is 1.48. The molecule has 0 spiro atoms. The van der Waals surface area contributed by atoms with Gasteiger partial charge in [0.15, 0.2) is 6.61 Å². The molecule has 4 rings (SSSR count). The molecule has 4 aromatic rings. The largest absolute Gasteiger partial charge is 0.483 e. The summed E-state index contributed by atoms with van der Waals surface area (Å²) in [5, 5.41) is 12.8. The number of benzene rings is 3. The number of nitrogens with zero attached hydrogens (tertiary/aromatic N) is 4. The van der Waals surface area contributed by atoms with Crippen molar-refractivity contribution in [2.45, 2.75) is 27.7 Å². The number of hydrogen-bond acceptors (Lipinski definition) is 5. The number of halogens is 1. The number of ether oxygens (including phenoxy) is 1. The van der Waals surface area contributed by atoms with Crippen molar-refractivity contribution in [3.05, 3.63) is 70.7 Å². The van der Waals surface area contributed by atoms with Gasteiger partial charge in [-0.05, 0) is 93.4 Å². The Morgan fingerprint density at radius 2 is 1.65 bits per heavy atom. The fourth-order valence-corrected chi connectivity index (χ4v) is 4.03. The van der Waals surface area contributed by atoms with Gasteiger partial charge in [-0.2, -0.15) is 4.80 Å². The Hall–Kier alpha value is -3.58. The van der Waals surface area contributed by atoms with Crippen LogP contribution in [0.4, 0.5) is 11.4 Å². The molecule has 0 fully saturated rings. The van der Waals surface area contributed by atoms with Crippen LogP contribution in [0.25, 0.3) is 16.7 Å². The molecular weight excluding hydrogens is 450 g/mol. The van der Waals surface area contributed by atoms with Gasteiger partial charge in [0.2, 0.25) is 0 Å². The molecule has 0 radical (unpaired) electrons. The predicted molar refractivity (Wildman–Crippen MR) is 137 cm³/mol. The molecule has 7 nitrogen and oxygen atoms in total. The SMILES string of the molecule is CCN(CC)c1ccc(-n2nc3cc(C)c(NC(=O)COc4ccc(Cl)cc4C)cc3n2)cc1. The van der Waals surface area contributed by atoms with Gasteiger partial charge >= 0.3 is 0 Å². The van der Waals surface area contributed by atoms with E-state index in [1.807, 2.05) is 38.1 Å². The number of rotatable bonds is 8. The standard InChI is InChI=1S/C26H28ClN5O2/c1-5-31(6-2)20-8-10-21(11-9-20)32-29-23-14-17(3)22(15-24(23)30-32)28-26(33)16-34-25-12-7-19(27)13-18(25)4/h7-15H,5-6,16H2,1-4H3,(H,28,33). The number of aryl methyl sites for hydroxylation is 2. The highest BCUT2D eigenvalue weighted by Gasteiger charge is 2.12. The van der Waals surface area contributed by atoms with Crippen molar-refractivity contribution in [2.24, 2.45) is 0 Å². The van der Waals surface area contributed by atoms with E-state index in [2.05, 4.69) is 46.4 Å². The maximum Gasteiger partial charge on any atom is 0.262 e. The average molecular weight is 478 g/mol. The Labute approximate surface area is 204 Å². The first-order valence-electron chi connectivity index (χ1n) is 11.3. The van der Waals surface area contributed by atoms with Crippen LogP contribution in [0.5, 0.6) is 5.75 Å². The number of hydrogen-bond donors (Lipinski definition) is 1. The molecule has 0 unspecified atom stereocenters. The van der Waals surface area contributed by atoms with Crippen molar-refractivity contribution >= 4 is 39.9 Å². The van der Waals surface area contributed by atoms with Gasteiger partial charge in [-0.1, -0.05) is 11.6 Å². The van der Waals surface area contributed by atoms with E-state index in [1.54, 1.807) is 23.0 Å². The van der Waals surface area contributed by atoms with Crippen molar-refractivity contribution in [2.75, 3.05) is 29.9 Å². The molecule has 0 aliphatic carbocycles. The summed E-state index contributed by atoms with van der Waals surface area (Å²) in [6.07, 6.45) is 0. The van der Waals surface area contributed by atoms with E-state index in [4.69, 9.17) is 16.3 Å². The van der Waals surface area contributed by atoms with Crippen LogP contribution in [-0.2, 0) is 4.79 Å². The van der Waals surface area contributed by atoms with Crippen LogP contribution in [0.3, 0.4) is 0 Å². The molecule has 176 valence electrons. The van der Waals surface area contributed by atoms with Gasteiger partial charge in [0.05, 0.1) is 5.69 Å². The lowest BCUT2D eigenvalue weighted by Crippen LogP contribution is -2.21. The van der Waals surface area contributed by atoms with Gasteiger partial charge in [0, 0.05) is 29.5 Å². The number of fused-ring (bicyclic) bond motifs is 1. The second kappa shape index (κ2) is 10.1. The lowest BCUT2D eigenvalue weighted by atomic mass is 10.1. The van der Waals surface area contributed by atoms with Crippen LogP contribution >= 0.6 is 11.6 Å². The first-order chi connectivity index (χ1) is 16.4. The summed E-state index contributed by atoms with van der Waals surface area (Å²) < 4.78 is 5.65. The zero-order valence-electron chi connectivity index (χ0n) is 19.8. The van der Waals surface area contributed by atoms with Crippen molar-refractivity contribution in [3.8, 4) is 11.4 Å². The fourth-order valence-electron chi connectivity index (χ4n) is 3.81. The topological polar surface area (TPSA) is 72.3 Å². The third kappa shape index (κ3) is 5.15. The molecule has 0 saturated heterocycles. The Morgan fingerprint density at radius 1 is 0.971 bits per heavy atom. The maximum absolute atomic E-state index is 12.5. The quantitative estimate of drug-likeness (QED) is 0.360. The van der Waals surface area contributed by atoms with Gasteiger partial charge in [0.25, 0.3) is 5.91 Å². The van der Waals surface area contributed by atoms with Crippen LogP contribution < -0.4 is 15.0 Å². The third-order valence-electron chi connectivity index (χ3n) is 5.71. The molecule has 1 amide bonds. The minimum absolute atomic E-state index is 0.106. The monoisotopic (exact) mass is 477 g/mol. The van der Waals surface area contributed by atoms with Crippen molar-refractivity contribution < 1.29 is 9.53 Å². The van der Waals surface area contributed by atoms with E-state index in [0.717, 1.165) is 35.4 Å². The summed E-state index contributed by atoms with van der Waals surface area (Å²) in [6, 6.07) is 17.2. The molecule has 0 bridgehead atoms. The smallest absolute Gasteiger partial charge is 0.262 e. The van der Waals surface area contributed by atoms with E-state index in [9.17, 15) is 4.79 Å². The number of anilines is 2. The van der Waals surface area contributed by atoms with Crippen molar-refractivity contribution in [1.82, 2.24) is 15.0 Å². The second-order valence-corrected chi connectivity index (χ2v) is 8.52. The number of carbonyl (C=O) groups excluding carboxylic acids is 1. The number of nitrogens with one attached hydrogen (secondary N) is 1. The highest BCUT2D eigenvalue weighted by atomic mass is 35.5. The molecule has 1 N–H and O–H groups in total. The highest BCUT2D eigenvalue weighted by Crippen LogP contribution is 2.24. The predicted octanol–water partition coefficient (Wildman–Crippen LogP) is 5.55. The van der Waals surface area contributed by atoms with Gasteiger partial charge in [-0.15, -0.1) is 10.2 Å². The Morgan fingerprint density at radius 3 is 2.29 bits per heavy atom. The molecule has 0 aliphatic heterocycles. The van der Waals surface area contributed by atoms with Crippen LogP contribution in [-0.4, -0.2) is 40.6 Å². The molecule has 1 heterocycles. The maximum atomic E-state index is 12.5. The first-order valence-corrected chi connectivity index (χ1v) is 11.7. The van der Waals surface area contributed by atoms with Gasteiger partial charge in [0.1, 0.15) is 16.8 Å². The van der Waals surface area contributed by atoms with Crippen LogP contribution in [0.2, 0.25) is 5.02 Å². The van der Waals surface area contributed by atoms with Gasteiger partial charge in [-0.3, -0.25) is 4.79 Å². The molecule has 0 saturated carbocycles. The summed E-state index contributed by atoms with van der Waals surface area (Å²) in [5.74, 6) is 0.373. The number of aromatic nitrogens is 3. The summed E-state index contributed by atoms with van der Waals surface area (Å²) in [4.78, 5) is 16.4. The van der Waals surface area contributed by atoms with Crippen molar-refractivity contribution in [3.63, 3.8) is 0 Å². The zero-order chi connectivity index (χ0) is 24.2. The van der Waals surface area contributed by atoms with Crippen LogP contribution in [0.15, 0.2) is 54.6 Å². The highest BCUT2D eigenvalue weighted by molar-refractivity contribution is 6.30. The normalized spacial score (nSPS) is 11.0.